The second kappa shape index (κ2) is 4.50. The molecule has 0 aliphatic rings. The van der Waals surface area contributed by atoms with Crippen molar-refractivity contribution in [3.8, 4) is 11.1 Å². The lowest BCUT2D eigenvalue weighted by Crippen LogP contribution is -1.82. The van der Waals surface area contributed by atoms with Crippen molar-refractivity contribution in [1.82, 2.24) is 0 Å². The van der Waals surface area contributed by atoms with E-state index in [2.05, 4.69) is 84.9 Å². The van der Waals surface area contributed by atoms with Crippen LogP contribution in [0.2, 0.25) is 0 Å². The maximum atomic E-state index is 3.42. The molecule has 0 unspecified atom stereocenters. The van der Waals surface area contributed by atoms with E-state index in [1.807, 2.05) is 0 Å². The molecule has 20 heavy (non-hydrogen) atoms. The van der Waals surface area contributed by atoms with Crippen LogP contribution in [-0.4, -0.2) is 0 Å². The molecule has 4 rings (SSSR count). The van der Waals surface area contributed by atoms with Crippen LogP contribution in [0, 0.1) is 6.07 Å². The van der Waals surface area contributed by atoms with Crippen molar-refractivity contribution < 1.29 is 0 Å². The van der Waals surface area contributed by atoms with Gasteiger partial charge in [-0.05, 0) is 50.9 Å². The van der Waals surface area contributed by atoms with Crippen LogP contribution >= 0.6 is 0 Å². The van der Waals surface area contributed by atoms with Gasteiger partial charge in [0.05, 0.1) is 0 Å². The van der Waals surface area contributed by atoms with Gasteiger partial charge in [0, 0.05) is 0 Å². The highest BCUT2D eigenvalue weighted by atomic mass is 14.1. The zero-order chi connectivity index (χ0) is 13.4. The second-order valence-corrected chi connectivity index (χ2v) is 5.00. The van der Waals surface area contributed by atoms with Crippen LogP contribution < -0.4 is 0 Å². The van der Waals surface area contributed by atoms with Crippen molar-refractivity contribution in [1.29, 1.82) is 0 Å². The van der Waals surface area contributed by atoms with Crippen molar-refractivity contribution in [3.05, 3.63) is 84.9 Å². The van der Waals surface area contributed by atoms with Gasteiger partial charge in [0.2, 0.25) is 0 Å². The van der Waals surface area contributed by atoms with Crippen molar-refractivity contribution in [2.75, 3.05) is 0 Å². The van der Waals surface area contributed by atoms with Gasteiger partial charge in [-0.2, -0.15) is 0 Å². The first-order valence-corrected chi connectivity index (χ1v) is 6.80. The first kappa shape index (κ1) is 11.2. The summed E-state index contributed by atoms with van der Waals surface area (Å²) in [6.45, 7) is 0. The van der Waals surface area contributed by atoms with Gasteiger partial charge in [-0.3, -0.25) is 0 Å². The van der Waals surface area contributed by atoms with Crippen LogP contribution in [0.1, 0.15) is 0 Å². The molecule has 0 atom stereocenters. The molecule has 0 aromatic heterocycles. The van der Waals surface area contributed by atoms with E-state index in [1.165, 1.54) is 27.1 Å². The number of benzene rings is 4. The van der Waals surface area contributed by atoms with Gasteiger partial charge in [0.25, 0.3) is 0 Å². The van der Waals surface area contributed by atoms with Crippen molar-refractivity contribution in [2.24, 2.45) is 0 Å². The molecule has 0 nitrogen and oxygen atoms in total. The van der Waals surface area contributed by atoms with Crippen molar-refractivity contribution >= 4 is 21.5 Å². The van der Waals surface area contributed by atoms with Crippen LogP contribution in [0.25, 0.3) is 32.7 Å². The molecule has 0 amide bonds. The Balaban J connectivity index is 2.01. The summed E-state index contributed by atoms with van der Waals surface area (Å²) in [6.07, 6.45) is 0. The molecular weight excluding hydrogens is 240 g/mol. The molecule has 1 radical (unpaired) electrons. The van der Waals surface area contributed by atoms with Crippen molar-refractivity contribution in [3.63, 3.8) is 0 Å². The van der Waals surface area contributed by atoms with E-state index in [4.69, 9.17) is 0 Å². The van der Waals surface area contributed by atoms with E-state index < -0.39 is 0 Å². The normalized spacial score (nSPS) is 11.0. The molecule has 0 saturated carbocycles. The van der Waals surface area contributed by atoms with E-state index >= 15 is 0 Å². The molecule has 4 aromatic rings. The fraction of sp³-hybridized carbons (Fsp3) is 0. The molecule has 4 aromatic carbocycles. The molecule has 0 aliphatic carbocycles. The SMILES string of the molecule is [c]1cc2ccccc2cc1-c1cccc2ccccc12. The summed E-state index contributed by atoms with van der Waals surface area (Å²) in [7, 11) is 0. The van der Waals surface area contributed by atoms with E-state index in [9.17, 15) is 0 Å². The van der Waals surface area contributed by atoms with E-state index in [0.717, 1.165) is 5.56 Å². The standard InChI is InChI=1S/C20H13/c1-2-8-17-14-18(13-12-15(17)6-1)20-11-5-9-16-7-3-4-10-19(16)20/h1-12,14H. The van der Waals surface area contributed by atoms with Crippen LogP contribution in [-0.2, 0) is 0 Å². The zero-order valence-corrected chi connectivity index (χ0v) is 11.0. The highest BCUT2D eigenvalue weighted by molar-refractivity contribution is 5.98. The molecular formula is C20H13. The van der Waals surface area contributed by atoms with E-state index in [-0.39, 0.29) is 0 Å². The molecule has 0 heteroatoms. The van der Waals surface area contributed by atoms with Gasteiger partial charge in [-0.1, -0.05) is 66.7 Å². The first-order chi connectivity index (χ1) is 9.92. The number of hydrogen-bond acceptors (Lipinski definition) is 0. The van der Waals surface area contributed by atoms with Crippen LogP contribution in [0.15, 0.2) is 78.9 Å². The largest absolute Gasteiger partial charge is 0.0616 e. The topological polar surface area (TPSA) is 0 Å². The Labute approximate surface area is 118 Å². The van der Waals surface area contributed by atoms with Gasteiger partial charge in [0.15, 0.2) is 0 Å². The summed E-state index contributed by atoms with van der Waals surface area (Å²) < 4.78 is 0. The Bertz CT molecular complexity index is 898. The summed E-state index contributed by atoms with van der Waals surface area (Å²) in [6, 6.07) is 31.1. The number of rotatable bonds is 1. The quantitative estimate of drug-likeness (QED) is 0.422. The van der Waals surface area contributed by atoms with Crippen LogP contribution in [0.3, 0.4) is 0 Å². The van der Waals surface area contributed by atoms with Crippen molar-refractivity contribution in [2.45, 2.75) is 0 Å². The molecule has 0 N–H and O–H groups in total. The Kier molecular flexibility index (Phi) is 2.53. The Morgan fingerprint density at radius 2 is 1.30 bits per heavy atom. The maximum absolute atomic E-state index is 3.42. The van der Waals surface area contributed by atoms with Gasteiger partial charge in [0.1, 0.15) is 0 Å². The molecule has 0 bridgehead atoms. The fourth-order valence-electron chi connectivity index (χ4n) is 2.74. The summed E-state index contributed by atoms with van der Waals surface area (Å²) in [5.74, 6) is 0. The Morgan fingerprint density at radius 3 is 2.20 bits per heavy atom. The minimum absolute atomic E-state index is 1.15. The lowest BCUT2D eigenvalue weighted by Gasteiger charge is -2.07. The molecule has 0 fully saturated rings. The highest BCUT2D eigenvalue weighted by Crippen LogP contribution is 2.30. The molecule has 0 heterocycles. The smallest absolute Gasteiger partial charge is 0.00923 e. The average Bonchev–Trinajstić information content (AvgIpc) is 2.54. The van der Waals surface area contributed by atoms with Gasteiger partial charge in [-0.15, -0.1) is 0 Å². The number of fused-ring (bicyclic) bond motifs is 2. The molecule has 0 aliphatic heterocycles. The lowest BCUT2D eigenvalue weighted by molar-refractivity contribution is 1.67. The lowest BCUT2D eigenvalue weighted by atomic mass is 9.96. The molecule has 0 spiro atoms. The monoisotopic (exact) mass is 253 g/mol. The summed E-state index contributed by atoms with van der Waals surface area (Å²) in [4.78, 5) is 0. The van der Waals surface area contributed by atoms with Gasteiger partial charge >= 0.3 is 0 Å². The predicted molar refractivity (Wildman–Crippen MR) is 85.7 cm³/mol. The van der Waals surface area contributed by atoms with Crippen LogP contribution in [0.4, 0.5) is 0 Å². The summed E-state index contributed by atoms with van der Waals surface area (Å²) >= 11 is 0. The number of hydrogen-bond donors (Lipinski definition) is 0. The summed E-state index contributed by atoms with van der Waals surface area (Å²) in [5.41, 5.74) is 2.40. The third-order valence-electron chi connectivity index (χ3n) is 3.76. The predicted octanol–water partition coefficient (Wildman–Crippen LogP) is 5.46. The minimum atomic E-state index is 1.15. The third-order valence-corrected chi connectivity index (χ3v) is 3.76. The van der Waals surface area contributed by atoms with Gasteiger partial charge < -0.3 is 0 Å². The fourth-order valence-corrected chi connectivity index (χ4v) is 2.74. The highest BCUT2D eigenvalue weighted by Gasteiger charge is 2.04. The second-order valence-electron chi connectivity index (χ2n) is 5.00. The van der Waals surface area contributed by atoms with E-state index in [0.29, 0.717) is 0 Å². The zero-order valence-electron chi connectivity index (χ0n) is 11.0. The maximum Gasteiger partial charge on any atom is -0.00923 e. The Morgan fingerprint density at radius 1 is 0.600 bits per heavy atom. The minimum Gasteiger partial charge on any atom is -0.0616 e. The third kappa shape index (κ3) is 1.78. The molecule has 93 valence electrons. The first-order valence-electron chi connectivity index (χ1n) is 6.80. The van der Waals surface area contributed by atoms with E-state index in [1.54, 1.807) is 0 Å². The average molecular weight is 253 g/mol. The summed E-state index contributed by atoms with van der Waals surface area (Å²) in [5, 5.41) is 5.04. The van der Waals surface area contributed by atoms with Gasteiger partial charge in [-0.25, -0.2) is 0 Å². The Hall–Kier alpha value is -2.60. The van der Waals surface area contributed by atoms with Crippen LogP contribution in [0.5, 0.6) is 0 Å². The molecule has 0 saturated heterocycles.